The van der Waals surface area contributed by atoms with E-state index in [9.17, 15) is 0 Å². The van der Waals surface area contributed by atoms with Gasteiger partial charge >= 0.3 is 0 Å². The van der Waals surface area contributed by atoms with E-state index in [0.29, 0.717) is 0 Å². The van der Waals surface area contributed by atoms with E-state index in [0.717, 1.165) is 22.2 Å². The molecule has 4 heteroatoms. The predicted molar refractivity (Wildman–Crippen MR) is 218 cm³/mol. The third-order valence-electron chi connectivity index (χ3n) is 11.4. The smallest absolute Gasteiger partial charge is 0.253 e. The maximum absolute atomic E-state index is 6.66. The van der Waals surface area contributed by atoms with Crippen LogP contribution in [0.5, 0.6) is 0 Å². The van der Waals surface area contributed by atoms with Gasteiger partial charge in [-0.05, 0) is 93.2 Å². The van der Waals surface area contributed by atoms with Crippen LogP contribution in [0.1, 0.15) is 0 Å². The van der Waals surface area contributed by atoms with Gasteiger partial charge < -0.3 is 13.9 Å². The molecule has 2 aromatic heterocycles. The van der Waals surface area contributed by atoms with E-state index >= 15 is 0 Å². The molecular formula is C48H29BN2O. The molecule has 0 N–H and O–H groups in total. The van der Waals surface area contributed by atoms with E-state index in [1.807, 2.05) is 0 Å². The number of rotatable bonds is 3. The molecule has 0 spiro atoms. The summed E-state index contributed by atoms with van der Waals surface area (Å²) in [6.45, 7) is 0.0217. The number of anilines is 3. The van der Waals surface area contributed by atoms with Crippen molar-refractivity contribution in [1.29, 1.82) is 0 Å². The molecule has 3 nitrogen and oxygen atoms in total. The third-order valence-corrected chi connectivity index (χ3v) is 11.4. The van der Waals surface area contributed by atoms with Crippen LogP contribution in [0.4, 0.5) is 17.1 Å². The Morgan fingerprint density at radius 2 is 1.08 bits per heavy atom. The quantitative estimate of drug-likeness (QED) is 0.176. The molecule has 0 atom stereocenters. The summed E-state index contributed by atoms with van der Waals surface area (Å²) in [5.74, 6) is 0. The predicted octanol–water partition coefficient (Wildman–Crippen LogP) is 10.6. The third kappa shape index (κ3) is 3.71. The summed E-state index contributed by atoms with van der Waals surface area (Å²) < 4.78 is 9.19. The lowest BCUT2D eigenvalue weighted by atomic mass is 9.33. The molecule has 0 fully saturated rings. The first-order valence-corrected chi connectivity index (χ1v) is 18.0. The fourth-order valence-corrected chi connectivity index (χ4v) is 9.26. The molecule has 2 aliphatic heterocycles. The van der Waals surface area contributed by atoms with E-state index in [1.54, 1.807) is 0 Å². The Bertz CT molecular complexity index is 3100. The van der Waals surface area contributed by atoms with Crippen LogP contribution in [-0.4, -0.2) is 11.3 Å². The van der Waals surface area contributed by atoms with Crippen molar-refractivity contribution in [2.45, 2.75) is 0 Å². The maximum Gasteiger partial charge on any atom is 0.253 e. The van der Waals surface area contributed by atoms with Crippen molar-refractivity contribution >= 4 is 83.9 Å². The van der Waals surface area contributed by atoms with Crippen molar-refractivity contribution in [2.24, 2.45) is 0 Å². The van der Waals surface area contributed by atoms with Gasteiger partial charge in [0.25, 0.3) is 6.71 Å². The normalized spacial score (nSPS) is 12.9. The molecule has 0 bridgehead atoms. The Kier molecular flexibility index (Phi) is 5.58. The highest BCUT2D eigenvalue weighted by Gasteiger charge is 2.43. The first-order valence-electron chi connectivity index (χ1n) is 18.0. The van der Waals surface area contributed by atoms with Crippen molar-refractivity contribution in [3.05, 3.63) is 176 Å². The summed E-state index contributed by atoms with van der Waals surface area (Å²) in [6.07, 6.45) is 0. The summed E-state index contributed by atoms with van der Waals surface area (Å²) in [6, 6.07) is 64.0. The highest BCUT2D eigenvalue weighted by Crippen LogP contribution is 2.44. The minimum absolute atomic E-state index is 0.0217. The average molecular weight is 661 g/mol. The topological polar surface area (TPSA) is 21.3 Å². The Labute approximate surface area is 300 Å². The Hall–Kier alpha value is -6.78. The van der Waals surface area contributed by atoms with Gasteiger partial charge in [0.05, 0.1) is 11.0 Å². The average Bonchev–Trinajstić information content (AvgIpc) is 3.75. The second-order valence-electron chi connectivity index (χ2n) is 14.0. The van der Waals surface area contributed by atoms with E-state index in [-0.39, 0.29) is 6.71 Å². The lowest BCUT2D eigenvalue weighted by Gasteiger charge is -2.40. The standard InChI is InChI=1S/C48H29BN2O/c1-2-13-30(14-3-1)31-15-10-16-32(27-31)33-17-11-18-34(28-33)50-40-23-8-6-21-38(40)49-46-41(50)24-12-25-42(46)51-39-22-7-4-19-35(39)37-29-44-45(47(49)48(37)51)36-20-5-9-26-43(36)52-44/h1-29H. The number of furan rings is 1. The second-order valence-corrected chi connectivity index (χ2v) is 14.0. The van der Waals surface area contributed by atoms with Crippen molar-refractivity contribution in [3.8, 4) is 27.9 Å². The van der Waals surface area contributed by atoms with Gasteiger partial charge in [-0.25, -0.2) is 0 Å². The van der Waals surface area contributed by atoms with Crippen LogP contribution in [0.2, 0.25) is 0 Å². The van der Waals surface area contributed by atoms with Gasteiger partial charge in [0.2, 0.25) is 0 Å². The number of hydrogen-bond donors (Lipinski definition) is 0. The van der Waals surface area contributed by atoms with Crippen LogP contribution in [0.15, 0.2) is 180 Å². The first-order chi connectivity index (χ1) is 25.8. The molecule has 2 aliphatic rings. The molecule has 12 rings (SSSR count). The minimum atomic E-state index is 0.0217. The van der Waals surface area contributed by atoms with E-state index < -0.39 is 0 Å². The van der Waals surface area contributed by atoms with Gasteiger partial charge in [-0.1, -0.05) is 121 Å². The van der Waals surface area contributed by atoms with Crippen molar-refractivity contribution < 1.29 is 4.42 Å². The maximum atomic E-state index is 6.66. The number of nitrogens with zero attached hydrogens (tertiary/aromatic N) is 2. The van der Waals surface area contributed by atoms with Gasteiger partial charge in [0.1, 0.15) is 11.2 Å². The van der Waals surface area contributed by atoms with Crippen LogP contribution < -0.4 is 21.3 Å². The summed E-state index contributed by atoms with van der Waals surface area (Å²) in [5.41, 5.74) is 17.9. The molecule has 0 unspecified atom stereocenters. The molecule has 4 heterocycles. The highest BCUT2D eigenvalue weighted by molar-refractivity contribution is 7.02. The molecule has 0 saturated carbocycles. The van der Waals surface area contributed by atoms with Gasteiger partial charge in [-0.15, -0.1) is 0 Å². The second kappa shape index (κ2) is 10.4. The SMILES string of the molecule is c1ccc(-c2cccc(-c3cccc(N4c5ccccc5B5c6c4cccc6-n4c6ccccc6c6cc7oc8ccccc8c7c5c64)c3)c2)cc1. The highest BCUT2D eigenvalue weighted by atomic mass is 16.3. The van der Waals surface area contributed by atoms with E-state index in [2.05, 4.69) is 185 Å². The first kappa shape index (κ1) is 28.0. The lowest BCUT2D eigenvalue weighted by molar-refractivity contribution is 0.669. The van der Waals surface area contributed by atoms with Crippen LogP contribution >= 0.6 is 0 Å². The lowest BCUT2D eigenvalue weighted by Crippen LogP contribution is -2.60. The van der Waals surface area contributed by atoms with Gasteiger partial charge in [0.15, 0.2) is 0 Å². The zero-order valence-electron chi connectivity index (χ0n) is 28.1. The zero-order valence-corrected chi connectivity index (χ0v) is 28.1. The summed E-state index contributed by atoms with van der Waals surface area (Å²) >= 11 is 0. The van der Waals surface area contributed by atoms with Crippen LogP contribution in [0, 0.1) is 0 Å². The number of aromatic nitrogens is 1. The van der Waals surface area contributed by atoms with Crippen molar-refractivity contribution in [2.75, 3.05) is 4.90 Å². The molecule has 0 saturated heterocycles. The minimum Gasteiger partial charge on any atom is -0.456 e. The Morgan fingerprint density at radius 3 is 1.98 bits per heavy atom. The molecule has 0 amide bonds. The Morgan fingerprint density at radius 1 is 0.423 bits per heavy atom. The molecule has 10 aromatic rings. The largest absolute Gasteiger partial charge is 0.456 e. The fourth-order valence-electron chi connectivity index (χ4n) is 9.26. The number of para-hydroxylation sites is 3. The van der Waals surface area contributed by atoms with Gasteiger partial charge in [-0.2, -0.15) is 0 Å². The molecular weight excluding hydrogens is 631 g/mol. The zero-order chi connectivity index (χ0) is 33.9. The number of hydrogen-bond acceptors (Lipinski definition) is 2. The summed E-state index contributed by atoms with van der Waals surface area (Å²) in [7, 11) is 0. The summed E-state index contributed by atoms with van der Waals surface area (Å²) in [4.78, 5) is 2.48. The van der Waals surface area contributed by atoms with E-state index in [4.69, 9.17) is 4.42 Å². The van der Waals surface area contributed by atoms with Crippen LogP contribution in [0.3, 0.4) is 0 Å². The number of fused-ring (bicyclic) bond motifs is 11. The Balaban J connectivity index is 1.14. The monoisotopic (exact) mass is 660 g/mol. The van der Waals surface area contributed by atoms with Crippen LogP contribution in [0.25, 0.3) is 71.7 Å². The molecule has 52 heavy (non-hydrogen) atoms. The molecule has 240 valence electrons. The molecule has 0 radical (unpaired) electrons. The van der Waals surface area contributed by atoms with Crippen molar-refractivity contribution in [3.63, 3.8) is 0 Å². The van der Waals surface area contributed by atoms with Gasteiger partial charge in [0, 0.05) is 44.3 Å². The van der Waals surface area contributed by atoms with Gasteiger partial charge in [-0.3, -0.25) is 0 Å². The number of benzene rings is 8. The van der Waals surface area contributed by atoms with Crippen LogP contribution in [-0.2, 0) is 0 Å². The molecule has 0 aliphatic carbocycles. The van der Waals surface area contributed by atoms with Crippen molar-refractivity contribution in [1.82, 2.24) is 4.57 Å². The fraction of sp³-hybridized carbons (Fsp3) is 0. The summed E-state index contributed by atoms with van der Waals surface area (Å²) in [5, 5.41) is 4.85. The van der Waals surface area contributed by atoms with E-state index in [1.165, 1.54) is 82.9 Å². The molecule has 8 aromatic carbocycles.